The average molecular weight is 510 g/mol. The molecule has 1 atom stereocenters. The third kappa shape index (κ3) is 4.70. The maximum atomic E-state index is 13.8. The first-order valence-electron chi connectivity index (χ1n) is 11.2. The van der Waals surface area contributed by atoms with Crippen LogP contribution < -0.4 is 15.1 Å². The first-order chi connectivity index (χ1) is 17.2. The summed E-state index contributed by atoms with van der Waals surface area (Å²) in [6, 6.07) is 16.7. The van der Waals surface area contributed by atoms with Crippen molar-refractivity contribution in [2.24, 2.45) is 0 Å². The molecule has 0 fully saturated rings. The van der Waals surface area contributed by atoms with Crippen LogP contribution in [0.15, 0.2) is 71.6 Å². The quantitative estimate of drug-likeness (QED) is 0.404. The summed E-state index contributed by atoms with van der Waals surface area (Å²) in [5, 5.41) is 9.49. The van der Waals surface area contributed by atoms with Crippen LogP contribution in [0.3, 0.4) is 0 Å². The fraction of sp³-hybridized carbons (Fsp3) is 0.231. The van der Waals surface area contributed by atoms with Crippen molar-refractivity contribution in [3.8, 4) is 5.75 Å². The molecule has 0 radical (unpaired) electrons. The molecule has 1 aliphatic rings. The number of para-hydroxylation sites is 1. The minimum absolute atomic E-state index is 0.0503. The van der Waals surface area contributed by atoms with Crippen LogP contribution >= 0.6 is 0 Å². The van der Waals surface area contributed by atoms with E-state index >= 15 is 0 Å². The summed E-state index contributed by atoms with van der Waals surface area (Å²) in [5.74, 6) is -0.845. The molecule has 0 bridgehead atoms. The van der Waals surface area contributed by atoms with E-state index in [1.54, 1.807) is 35.8 Å². The molecular weight excluding hydrogens is 482 g/mol. The van der Waals surface area contributed by atoms with Crippen LogP contribution in [0, 0.1) is 13.8 Å². The van der Waals surface area contributed by atoms with Crippen molar-refractivity contribution >= 4 is 27.5 Å². The smallest absolute Gasteiger partial charge is 0.263 e. The number of nitrogens with zero attached hydrogens (tertiary/aromatic N) is 2. The Bertz CT molecular complexity index is 1410. The Morgan fingerprint density at radius 2 is 1.72 bits per heavy atom. The lowest BCUT2D eigenvalue weighted by atomic mass is 10.0. The average Bonchev–Trinajstić information content (AvgIpc) is 3.06. The highest BCUT2D eigenvalue weighted by molar-refractivity contribution is 7.89. The molecule has 9 nitrogen and oxygen atoms in total. The zero-order chi connectivity index (χ0) is 26.0. The monoisotopic (exact) mass is 509 g/mol. The number of aryl methyl sites for hydroxylation is 2. The normalized spacial score (nSPS) is 16.1. The third-order valence-electron chi connectivity index (χ3n) is 6.25. The number of carbonyl (C=O) groups is 2. The fourth-order valence-corrected chi connectivity index (χ4v) is 5.92. The van der Waals surface area contributed by atoms with Gasteiger partial charge < -0.3 is 9.64 Å². The van der Waals surface area contributed by atoms with Gasteiger partial charge in [0, 0.05) is 17.8 Å². The Hall–Kier alpha value is -3.73. The van der Waals surface area contributed by atoms with Gasteiger partial charge >= 0.3 is 0 Å². The number of fused-ring (bicyclic) bond motifs is 1. The fourth-order valence-electron chi connectivity index (χ4n) is 4.36. The summed E-state index contributed by atoms with van der Waals surface area (Å²) in [7, 11) is -2.75. The van der Waals surface area contributed by atoms with E-state index in [0.29, 0.717) is 22.6 Å². The standard InChI is InChI=1S/C26H27N3O6S/c1-17-8-13-22(18(2)14-17)26(31)28-16-24(25(30)27-32)29(15-19-6-4-5-7-23(19)28)36(33,34)21-11-9-20(35-3)10-12-21/h4-14,24,32H,15-16H2,1-3H3,(H,27,30). The molecule has 0 saturated carbocycles. The number of methoxy groups -OCH3 is 1. The molecule has 0 aromatic heterocycles. The minimum Gasteiger partial charge on any atom is -0.497 e. The van der Waals surface area contributed by atoms with Crippen LogP contribution in [0.1, 0.15) is 27.0 Å². The highest BCUT2D eigenvalue weighted by Crippen LogP contribution is 2.33. The molecule has 0 aliphatic carbocycles. The summed E-state index contributed by atoms with van der Waals surface area (Å²) in [5.41, 5.74) is 4.80. The SMILES string of the molecule is COc1ccc(S(=O)(=O)N2Cc3ccccc3N(C(=O)c3ccc(C)cc3C)CC2C(=O)NO)cc1. The van der Waals surface area contributed by atoms with Gasteiger partial charge in [0.2, 0.25) is 10.0 Å². The lowest BCUT2D eigenvalue weighted by Crippen LogP contribution is -2.53. The maximum Gasteiger partial charge on any atom is 0.263 e. The first-order valence-corrected chi connectivity index (χ1v) is 12.7. The van der Waals surface area contributed by atoms with Crippen LogP contribution in [0.25, 0.3) is 0 Å². The largest absolute Gasteiger partial charge is 0.497 e. The Labute approximate surface area is 209 Å². The van der Waals surface area contributed by atoms with Crippen molar-refractivity contribution in [3.63, 3.8) is 0 Å². The number of ether oxygens (including phenoxy) is 1. The molecule has 2 N–H and O–H groups in total. The summed E-state index contributed by atoms with van der Waals surface area (Å²) in [6.45, 7) is 3.26. The van der Waals surface area contributed by atoms with E-state index in [0.717, 1.165) is 15.4 Å². The molecule has 10 heteroatoms. The molecule has 188 valence electrons. The predicted molar refractivity (Wildman–Crippen MR) is 133 cm³/mol. The molecule has 4 rings (SSSR count). The molecule has 2 amide bonds. The summed E-state index contributed by atoms with van der Waals surface area (Å²) >= 11 is 0. The van der Waals surface area contributed by atoms with Gasteiger partial charge in [-0.3, -0.25) is 14.8 Å². The van der Waals surface area contributed by atoms with Gasteiger partial charge in [-0.2, -0.15) is 4.31 Å². The van der Waals surface area contributed by atoms with E-state index in [4.69, 9.17) is 4.74 Å². The number of hydroxylamine groups is 1. The Balaban J connectivity index is 1.84. The predicted octanol–water partition coefficient (Wildman–Crippen LogP) is 3.04. The minimum atomic E-state index is -4.22. The zero-order valence-corrected chi connectivity index (χ0v) is 21.0. The van der Waals surface area contributed by atoms with E-state index in [2.05, 4.69) is 0 Å². The van der Waals surface area contributed by atoms with Gasteiger partial charge in [-0.1, -0.05) is 35.9 Å². The molecule has 1 aliphatic heterocycles. The van der Waals surface area contributed by atoms with Crippen molar-refractivity contribution < 1.29 is 28.0 Å². The maximum absolute atomic E-state index is 13.8. The van der Waals surface area contributed by atoms with Gasteiger partial charge in [0.05, 0.1) is 18.6 Å². The number of anilines is 1. The summed E-state index contributed by atoms with van der Waals surface area (Å²) in [6.07, 6.45) is 0. The number of sulfonamides is 1. The second-order valence-corrected chi connectivity index (χ2v) is 10.5. The Kier molecular flexibility index (Phi) is 7.11. The van der Waals surface area contributed by atoms with Crippen LogP contribution in [0.5, 0.6) is 5.75 Å². The van der Waals surface area contributed by atoms with Gasteiger partial charge in [-0.05, 0) is 61.4 Å². The zero-order valence-electron chi connectivity index (χ0n) is 20.1. The number of rotatable bonds is 5. The lowest BCUT2D eigenvalue weighted by Gasteiger charge is -2.30. The van der Waals surface area contributed by atoms with Gasteiger partial charge in [-0.15, -0.1) is 0 Å². The number of carbonyl (C=O) groups excluding carboxylic acids is 2. The molecule has 1 unspecified atom stereocenters. The van der Waals surface area contributed by atoms with Gasteiger partial charge in [0.15, 0.2) is 0 Å². The van der Waals surface area contributed by atoms with Crippen molar-refractivity contribution in [1.29, 1.82) is 0 Å². The molecule has 3 aromatic carbocycles. The second kappa shape index (κ2) is 10.1. The molecule has 0 spiro atoms. The van der Waals surface area contributed by atoms with Crippen molar-refractivity contribution in [2.75, 3.05) is 18.6 Å². The van der Waals surface area contributed by atoms with Gasteiger partial charge in [0.1, 0.15) is 11.8 Å². The van der Waals surface area contributed by atoms with Crippen molar-refractivity contribution in [2.45, 2.75) is 31.3 Å². The molecule has 3 aromatic rings. The summed E-state index contributed by atoms with van der Waals surface area (Å²) < 4.78 is 33.6. The van der Waals surface area contributed by atoms with Crippen LogP contribution in [0.4, 0.5) is 5.69 Å². The highest BCUT2D eigenvalue weighted by Gasteiger charge is 2.41. The van der Waals surface area contributed by atoms with Gasteiger partial charge in [0.25, 0.3) is 11.8 Å². The number of hydrogen-bond donors (Lipinski definition) is 2. The lowest BCUT2D eigenvalue weighted by molar-refractivity contribution is -0.133. The number of benzene rings is 3. The molecule has 0 saturated heterocycles. The molecule has 36 heavy (non-hydrogen) atoms. The van der Waals surface area contributed by atoms with E-state index in [1.165, 1.54) is 36.3 Å². The van der Waals surface area contributed by atoms with Crippen molar-refractivity contribution in [1.82, 2.24) is 9.79 Å². The van der Waals surface area contributed by atoms with Crippen LogP contribution in [-0.2, 0) is 21.4 Å². The third-order valence-corrected chi connectivity index (χ3v) is 8.12. The topological polar surface area (TPSA) is 116 Å². The summed E-state index contributed by atoms with van der Waals surface area (Å²) in [4.78, 5) is 28.0. The van der Waals surface area contributed by atoms with Crippen LogP contribution in [-0.4, -0.2) is 49.4 Å². The van der Waals surface area contributed by atoms with E-state index in [-0.39, 0.29) is 23.9 Å². The first kappa shape index (κ1) is 25.4. The Morgan fingerprint density at radius 1 is 1.03 bits per heavy atom. The van der Waals surface area contributed by atoms with E-state index < -0.39 is 22.0 Å². The van der Waals surface area contributed by atoms with E-state index in [1.807, 2.05) is 26.0 Å². The number of hydrogen-bond acceptors (Lipinski definition) is 6. The van der Waals surface area contributed by atoms with Gasteiger partial charge in [-0.25, -0.2) is 13.9 Å². The van der Waals surface area contributed by atoms with Crippen LogP contribution in [0.2, 0.25) is 0 Å². The Morgan fingerprint density at radius 3 is 2.36 bits per heavy atom. The van der Waals surface area contributed by atoms with Crippen molar-refractivity contribution in [3.05, 3.63) is 89.0 Å². The number of nitrogens with one attached hydrogen (secondary N) is 1. The molecule has 1 heterocycles. The number of amides is 2. The highest BCUT2D eigenvalue weighted by atomic mass is 32.2. The molecular formula is C26H27N3O6S. The second-order valence-electron chi connectivity index (χ2n) is 8.58. The van der Waals surface area contributed by atoms with E-state index in [9.17, 15) is 23.2 Å².